The van der Waals surface area contributed by atoms with Crippen LogP contribution in [0.25, 0.3) is 0 Å². The molecule has 2 N–H and O–H groups in total. The van der Waals surface area contributed by atoms with Crippen LogP contribution in [-0.2, 0) is 0 Å². The van der Waals surface area contributed by atoms with Gasteiger partial charge in [0.15, 0.2) is 0 Å². The van der Waals surface area contributed by atoms with E-state index in [-0.39, 0.29) is 6.04 Å². The molecule has 4 heteroatoms. The van der Waals surface area contributed by atoms with Gasteiger partial charge in [-0.3, -0.25) is 0 Å². The van der Waals surface area contributed by atoms with Crippen molar-refractivity contribution in [2.24, 2.45) is 0 Å². The zero-order valence-electron chi connectivity index (χ0n) is 11.0. The average molecular weight is 254 g/mol. The fraction of sp³-hybridized carbons (Fsp3) is 0.200. The van der Waals surface area contributed by atoms with Gasteiger partial charge in [0.1, 0.15) is 18.0 Å². The second-order valence-corrected chi connectivity index (χ2v) is 4.23. The van der Waals surface area contributed by atoms with Gasteiger partial charge in [0.25, 0.3) is 0 Å². The highest BCUT2D eigenvalue weighted by Crippen LogP contribution is 2.18. The maximum atomic E-state index is 4.22. The van der Waals surface area contributed by atoms with Gasteiger partial charge >= 0.3 is 0 Å². The molecule has 0 bridgehead atoms. The van der Waals surface area contributed by atoms with Crippen molar-refractivity contribution in [2.45, 2.75) is 13.0 Å². The third-order valence-corrected chi connectivity index (χ3v) is 2.76. The first-order valence-corrected chi connectivity index (χ1v) is 6.28. The Labute approximate surface area is 113 Å². The SMILES string of the molecule is C=CCNc1cc(NC(C)c2ccccc2)ncn1. The quantitative estimate of drug-likeness (QED) is 0.777. The monoisotopic (exact) mass is 254 g/mol. The van der Waals surface area contributed by atoms with Crippen LogP contribution < -0.4 is 10.6 Å². The number of hydrogen-bond acceptors (Lipinski definition) is 4. The maximum Gasteiger partial charge on any atom is 0.131 e. The summed E-state index contributed by atoms with van der Waals surface area (Å²) in [6.07, 6.45) is 3.34. The van der Waals surface area contributed by atoms with Gasteiger partial charge in [-0.25, -0.2) is 9.97 Å². The zero-order chi connectivity index (χ0) is 13.5. The van der Waals surface area contributed by atoms with Crippen molar-refractivity contribution in [2.75, 3.05) is 17.2 Å². The van der Waals surface area contributed by atoms with Crippen molar-refractivity contribution in [3.8, 4) is 0 Å². The van der Waals surface area contributed by atoms with Gasteiger partial charge in [0.05, 0.1) is 0 Å². The van der Waals surface area contributed by atoms with E-state index < -0.39 is 0 Å². The van der Waals surface area contributed by atoms with E-state index in [9.17, 15) is 0 Å². The van der Waals surface area contributed by atoms with Crippen molar-refractivity contribution >= 4 is 11.6 Å². The minimum absolute atomic E-state index is 0.198. The van der Waals surface area contributed by atoms with Crippen LogP contribution in [0.1, 0.15) is 18.5 Å². The Morgan fingerprint density at radius 2 is 1.95 bits per heavy atom. The maximum absolute atomic E-state index is 4.22. The highest BCUT2D eigenvalue weighted by molar-refractivity contribution is 5.47. The molecule has 0 aliphatic rings. The van der Waals surface area contributed by atoms with Crippen LogP contribution in [0, 0.1) is 0 Å². The smallest absolute Gasteiger partial charge is 0.131 e. The number of nitrogens with one attached hydrogen (secondary N) is 2. The van der Waals surface area contributed by atoms with E-state index in [1.165, 1.54) is 5.56 Å². The summed E-state index contributed by atoms with van der Waals surface area (Å²) in [5.41, 5.74) is 1.22. The third kappa shape index (κ3) is 3.81. The Morgan fingerprint density at radius 1 is 1.21 bits per heavy atom. The Balaban J connectivity index is 2.04. The molecule has 4 nitrogen and oxygen atoms in total. The molecular weight excluding hydrogens is 236 g/mol. The van der Waals surface area contributed by atoms with Crippen LogP contribution >= 0.6 is 0 Å². The van der Waals surface area contributed by atoms with Gasteiger partial charge in [-0.15, -0.1) is 6.58 Å². The summed E-state index contributed by atoms with van der Waals surface area (Å²) in [7, 11) is 0. The van der Waals surface area contributed by atoms with E-state index in [0.717, 1.165) is 11.6 Å². The van der Waals surface area contributed by atoms with Crippen molar-refractivity contribution in [1.29, 1.82) is 0 Å². The van der Waals surface area contributed by atoms with Crippen LogP contribution in [0.15, 0.2) is 55.4 Å². The van der Waals surface area contributed by atoms with Crippen LogP contribution in [0.4, 0.5) is 11.6 Å². The lowest BCUT2D eigenvalue weighted by atomic mass is 10.1. The van der Waals surface area contributed by atoms with Gasteiger partial charge in [-0.05, 0) is 12.5 Å². The Kier molecular flexibility index (Phi) is 4.50. The van der Waals surface area contributed by atoms with E-state index in [1.807, 2.05) is 24.3 Å². The summed E-state index contributed by atoms with van der Waals surface area (Å²) in [6, 6.07) is 12.4. The summed E-state index contributed by atoms with van der Waals surface area (Å²) in [6.45, 7) is 6.46. The van der Waals surface area contributed by atoms with Crippen LogP contribution in [-0.4, -0.2) is 16.5 Å². The first-order valence-electron chi connectivity index (χ1n) is 6.28. The fourth-order valence-electron chi connectivity index (χ4n) is 1.76. The summed E-state index contributed by atoms with van der Waals surface area (Å²) in [5, 5.41) is 6.50. The second-order valence-electron chi connectivity index (χ2n) is 4.23. The van der Waals surface area contributed by atoms with E-state index in [4.69, 9.17) is 0 Å². The lowest BCUT2D eigenvalue weighted by molar-refractivity contribution is 0.872. The summed E-state index contributed by atoms with van der Waals surface area (Å²) in [5.74, 6) is 1.59. The highest BCUT2D eigenvalue weighted by Gasteiger charge is 2.05. The summed E-state index contributed by atoms with van der Waals surface area (Å²) < 4.78 is 0. The van der Waals surface area contributed by atoms with E-state index in [1.54, 1.807) is 12.4 Å². The largest absolute Gasteiger partial charge is 0.366 e. The number of aromatic nitrogens is 2. The molecule has 1 atom stereocenters. The summed E-state index contributed by atoms with van der Waals surface area (Å²) >= 11 is 0. The van der Waals surface area contributed by atoms with Crippen molar-refractivity contribution < 1.29 is 0 Å². The molecule has 1 heterocycles. The van der Waals surface area contributed by atoms with Gasteiger partial charge in [-0.1, -0.05) is 36.4 Å². The van der Waals surface area contributed by atoms with Crippen molar-refractivity contribution in [1.82, 2.24) is 9.97 Å². The number of benzene rings is 1. The Hall–Kier alpha value is -2.36. The molecule has 98 valence electrons. The topological polar surface area (TPSA) is 49.8 Å². The minimum Gasteiger partial charge on any atom is -0.366 e. The lowest BCUT2D eigenvalue weighted by Gasteiger charge is -2.15. The molecule has 1 aromatic carbocycles. The number of anilines is 2. The van der Waals surface area contributed by atoms with E-state index in [0.29, 0.717) is 6.54 Å². The van der Waals surface area contributed by atoms with Gasteiger partial charge < -0.3 is 10.6 Å². The molecule has 0 spiro atoms. The lowest BCUT2D eigenvalue weighted by Crippen LogP contribution is -2.09. The molecular formula is C15H18N4. The van der Waals surface area contributed by atoms with Gasteiger partial charge in [0.2, 0.25) is 0 Å². The molecule has 0 amide bonds. The molecule has 19 heavy (non-hydrogen) atoms. The number of nitrogens with zero attached hydrogens (tertiary/aromatic N) is 2. The molecule has 0 radical (unpaired) electrons. The number of rotatable bonds is 6. The van der Waals surface area contributed by atoms with E-state index >= 15 is 0 Å². The van der Waals surface area contributed by atoms with Gasteiger partial charge in [0, 0.05) is 18.7 Å². The first-order chi connectivity index (χ1) is 9.29. The molecule has 2 aromatic rings. The molecule has 2 rings (SSSR count). The predicted molar refractivity (Wildman–Crippen MR) is 79.2 cm³/mol. The van der Waals surface area contributed by atoms with Crippen LogP contribution in [0.2, 0.25) is 0 Å². The Bertz CT molecular complexity index is 525. The van der Waals surface area contributed by atoms with Crippen molar-refractivity contribution in [3.63, 3.8) is 0 Å². The Morgan fingerprint density at radius 3 is 2.68 bits per heavy atom. The first kappa shape index (κ1) is 13.1. The van der Waals surface area contributed by atoms with Crippen LogP contribution in [0.5, 0.6) is 0 Å². The number of hydrogen-bond donors (Lipinski definition) is 2. The normalized spacial score (nSPS) is 11.6. The highest BCUT2D eigenvalue weighted by atomic mass is 15.1. The third-order valence-electron chi connectivity index (χ3n) is 2.76. The molecule has 0 fully saturated rings. The molecule has 1 unspecified atom stereocenters. The molecule has 0 aliphatic carbocycles. The fourth-order valence-corrected chi connectivity index (χ4v) is 1.76. The van der Waals surface area contributed by atoms with Gasteiger partial charge in [-0.2, -0.15) is 0 Å². The molecule has 1 aromatic heterocycles. The molecule has 0 saturated carbocycles. The summed E-state index contributed by atoms with van der Waals surface area (Å²) in [4.78, 5) is 8.37. The predicted octanol–water partition coefficient (Wildman–Crippen LogP) is 3.25. The second kappa shape index (κ2) is 6.54. The zero-order valence-corrected chi connectivity index (χ0v) is 11.0. The average Bonchev–Trinajstić information content (AvgIpc) is 2.46. The minimum atomic E-state index is 0.198. The molecule has 0 aliphatic heterocycles. The van der Waals surface area contributed by atoms with Crippen LogP contribution in [0.3, 0.4) is 0 Å². The van der Waals surface area contributed by atoms with Crippen molar-refractivity contribution in [3.05, 3.63) is 60.9 Å². The standard InChI is InChI=1S/C15H18N4/c1-3-9-16-14-10-15(18-11-17-14)19-12(2)13-7-5-4-6-8-13/h3-8,10-12H,1,9H2,2H3,(H2,16,17,18,19). The van der Waals surface area contributed by atoms with E-state index in [2.05, 4.69) is 46.2 Å². The molecule has 0 saturated heterocycles.